The Kier molecular flexibility index (Phi) is 1.33. The molecule has 0 aliphatic heterocycles. The lowest BCUT2D eigenvalue weighted by molar-refractivity contribution is -0.132. The molecular formula is C9H5O3. The molecule has 59 valence electrons. The molecule has 0 bridgehead atoms. The van der Waals surface area contributed by atoms with Crippen molar-refractivity contribution in [1.82, 2.24) is 0 Å². The number of carbonyl (C=O) groups is 2. The van der Waals surface area contributed by atoms with Gasteiger partial charge in [-0.1, -0.05) is 0 Å². The minimum atomic E-state index is -0.705. The van der Waals surface area contributed by atoms with E-state index in [1.807, 2.05) is 0 Å². The molecule has 0 aromatic carbocycles. The standard InChI is InChI=1S/C9H5O3/c10-4-6-3-5-1-2-7(5)9(12)8(6)11/h3H,1-2H2. The van der Waals surface area contributed by atoms with Gasteiger partial charge in [0.1, 0.15) is 0 Å². The van der Waals surface area contributed by atoms with Crippen molar-refractivity contribution in [2.24, 2.45) is 0 Å². The topological polar surface area (TPSA) is 51.2 Å². The third-order valence-corrected chi connectivity index (χ3v) is 2.19. The largest absolute Gasteiger partial charge is 0.285 e. The molecule has 0 saturated carbocycles. The van der Waals surface area contributed by atoms with Crippen LogP contribution in [-0.4, -0.2) is 17.9 Å². The van der Waals surface area contributed by atoms with Crippen molar-refractivity contribution in [2.75, 3.05) is 0 Å². The first-order chi connectivity index (χ1) is 5.74. The molecule has 0 aromatic rings. The summed E-state index contributed by atoms with van der Waals surface area (Å²) < 4.78 is 0. The zero-order chi connectivity index (χ0) is 8.72. The molecule has 12 heavy (non-hydrogen) atoms. The SMILES string of the molecule is O=[C]C1=CC2=C(CC2)C(=O)C1=O. The average molecular weight is 161 g/mol. The molecule has 0 unspecified atom stereocenters. The number of rotatable bonds is 1. The Morgan fingerprint density at radius 3 is 2.42 bits per heavy atom. The van der Waals surface area contributed by atoms with Crippen LogP contribution in [0.2, 0.25) is 0 Å². The van der Waals surface area contributed by atoms with E-state index in [1.165, 1.54) is 12.4 Å². The van der Waals surface area contributed by atoms with Crippen LogP contribution in [0.3, 0.4) is 0 Å². The second-order valence-corrected chi connectivity index (χ2v) is 2.82. The number of ketones is 2. The van der Waals surface area contributed by atoms with Gasteiger partial charge in [-0.15, -0.1) is 0 Å². The molecular weight excluding hydrogens is 156 g/mol. The summed E-state index contributed by atoms with van der Waals surface area (Å²) in [5.41, 5.74) is 1.29. The fourth-order valence-electron chi connectivity index (χ4n) is 1.39. The first-order valence-corrected chi connectivity index (χ1v) is 3.65. The zero-order valence-electron chi connectivity index (χ0n) is 6.22. The third-order valence-electron chi connectivity index (χ3n) is 2.19. The van der Waals surface area contributed by atoms with E-state index in [-0.39, 0.29) is 5.57 Å². The fourth-order valence-corrected chi connectivity index (χ4v) is 1.39. The Labute approximate surface area is 68.8 Å². The van der Waals surface area contributed by atoms with Crippen molar-refractivity contribution in [2.45, 2.75) is 12.8 Å². The van der Waals surface area contributed by atoms with Gasteiger partial charge in [-0.2, -0.15) is 0 Å². The fraction of sp³-hybridized carbons (Fsp3) is 0.222. The van der Waals surface area contributed by atoms with Gasteiger partial charge < -0.3 is 0 Å². The summed E-state index contributed by atoms with van der Waals surface area (Å²) in [5.74, 6) is -1.22. The van der Waals surface area contributed by atoms with Gasteiger partial charge in [-0.3, -0.25) is 14.4 Å². The van der Waals surface area contributed by atoms with Crippen molar-refractivity contribution < 1.29 is 14.4 Å². The van der Waals surface area contributed by atoms with Crippen LogP contribution in [0.4, 0.5) is 0 Å². The molecule has 3 nitrogen and oxygen atoms in total. The normalized spacial score (nSPS) is 21.5. The lowest BCUT2D eigenvalue weighted by Gasteiger charge is -2.23. The van der Waals surface area contributed by atoms with Gasteiger partial charge in [0.15, 0.2) is 0 Å². The van der Waals surface area contributed by atoms with E-state index < -0.39 is 11.6 Å². The first kappa shape index (κ1) is 7.16. The molecule has 0 spiro atoms. The summed E-state index contributed by atoms with van der Waals surface area (Å²) in [4.78, 5) is 32.4. The molecule has 0 aromatic heterocycles. The quantitative estimate of drug-likeness (QED) is 0.315. The number of hydrogen-bond acceptors (Lipinski definition) is 3. The Balaban J connectivity index is 2.52. The van der Waals surface area contributed by atoms with Gasteiger partial charge in [-0.05, 0) is 24.5 Å². The predicted molar refractivity (Wildman–Crippen MR) is 40.1 cm³/mol. The summed E-state index contributed by atoms with van der Waals surface area (Å²) in [6.07, 6.45) is 4.40. The molecule has 3 heteroatoms. The van der Waals surface area contributed by atoms with E-state index in [1.54, 1.807) is 0 Å². The highest BCUT2D eigenvalue weighted by molar-refractivity contribution is 6.54. The van der Waals surface area contributed by atoms with Crippen LogP contribution < -0.4 is 0 Å². The van der Waals surface area contributed by atoms with Crippen molar-refractivity contribution >= 4 is 17.9 Å². The number of carbonyl (C=O) groups excluding carboxylic acids is 3. The Hall–Kier alpha value is -1.51. The monoisotopic (exact) mass is 161 g/mol. The minimum Gasteiger partial charge on any atom is -0.285 e. The molecule has 0 saturated heterocycles. The molecule has 2 aliphatic rings. The van der Waals surface area contributed by atoms with Crippen LogP contribution in [-0.2, 0) is 14.4 Å². The van der Waals surface area contributed by atoms with Crippen LogP contribution in [0.5, 0.6) is 0 Å². The summed E-state index contributed by atoms with van der Waals surface area (Å²) in [6.45, 7) is 0. The highest BCUT2D eigenvalue weighted by Gasteiger charge is 2.33. The number of allylic oxidation sites excluding steroid dienone is 4. The van der Waals surface area contributed by atoms with Gasteiger partial charge in [0.2, 0.25) is 17.9 Å². The smallest absolute Gasteiger partial charge is 0.237 e. The van der Waals surface area contributed by atoms with Crippen LogP contribution in [0.15, 0.2) is 22.8 Å². The minimum absolute atomic E-state index is 0.126. The van der Waals surface area contributed by atoms with Crippen molar-refractivity contribution in [3.8, 4) is 0 Å². The van der Waals surface area contributed by atoms with E-state index in [0.717, 1.165) is 12.0 Å². The maximum absolute atomic E-state index is 11.1. The summed E-state index contributed by atoms with van der Waals surface area (Å²) >= 11 is 0. The Morgan fingerprint density at radius 2 is 1.92 bits per heavy atom. The van der Waals surface area contributed by atoms with Gasteiger partial charge >= 0.3 is 0 Å². The lowest BCUT2D eigenvalue weighted by atomic mass is 9.78. The average Bonchev–Trinajstić information content (AvgIpc) is 2.01. The van der Waals surface area contributed by atoms with Crippen LogP contribution in [0.1, 0.15) is 12.8 Å². The highest BCUT2D eigenvalue weighted by atomic mass is 16.2. The first-order valence-electron chi connectivity index (χ1n) is 3.65. The second-order valence-electron chi connectivity index (χ2n) is 2.82. The molecule has 0 amide bonds. The number of Topliss-reactive ketones (excluding diaryl/α,β-unsaturated/α-hetero) is 2. The summed E-state index contributed by atoms with van der Waals surface area (Å²) in [6, 6.07) is 0. The summed E-state index contributed by atoms with van der Waals surface area (Å²) in [7, 11) is 0. The van der Waals surface area contributed by atoms with E-state index in [2.05, 4.69) is 0 Å². The van der Waals surface area contributed by atoms with Crippen LogP contribution >= 0.6 is 0 Å². The lowest BCUT2D eigenvalue weighted by Crippen LogP contribution is -2.27. The van der Waals surface area contributed by atoms with Gasteiger partial charge in [0.25, 0.3) is 0 Å². The molecule has 0 N–H and O–H groups in total. The molecule has 0 atom stereocenters. The van der Waals surface area contributed by atoms with E-state index in [9.17, 15) is 14.4 Å². The predicted octanol–water partition coefficient (Wildman–Crippen LogP) is 0.265. The number of hydrogen-bond donors (Lipinski definition) is 0. The molecule has 0 fully saturated rings. The molecule has 1 radical (unpaired) electrons. The van der Waals surface area contributed by atoms with Crippen molar-refractivity contribution in [3.63, 3.8) is 0 Å². The maximum Gasteiger partial charge on any atom is 0.237 e. The van der Waals surface area contributed by atoms with Gasteiger partial charge in [0.05, 0.1) is 5.57 Å². The van der Waals surface area contributed by atoms with E-state index >= 15 is 0 Å². The Morgan fingerprint density at radius 1 is 1.17 bits per heavy atom. The molecule has 2 aliphatic carbocycles. The Bertz CT molecular complexity index is 352. The molecule has 0 heterocycles. The van der Waals surface area contributed by atoms with Crippen molar-refractivity contribution in [3.05, 3.63) is 22.8 Å². The molecule has 2 rings (SSSR count). The second kappa shape index (κ2) is 2.24. The van der Waals surface area contributed by atoms with Gasteiger partial charge in [-0.25, -0.2) is 0 Å². The van der Waals surface area contributed by atoms with Gasteiger partial charge in [0, 0.05) is 5.57 Å². The maximum atomic E-state index is 11.1. The zero-order valence-corrected chi connectivity index (χ0v) is 6.22. The summed E-state index contributed by atoms with van der Waals surface area (Å²) in [5, 5.41) is 0. The van der Waals surface area contributed by atoms with Crippen molar-refractivity contribution in [1.29, 1.82) is 0 Å². The van der Waals surface area contributed by atoms with E-state index in [4.69, 9.17) is 0 Å². The van der Waals surface area contributed by atoms with Crippen LogP contribution in [0.25, 0.3) is 0 Å². The van der Waals surface area contributed by atoms with E-state index in [0.29, 0.717) is 12.0 Å². The highest BCUT2D eigenvalue weighted by Crippen LogP contribution is 2.33. The third kappa shape index (κ3) is 0.733. The van der Waals surface area contributed by atoms with Crippen LogP contribution in [0, 0.1) is 0 Å².